The molecule has 0 radical (unpaired) electrons. The van der Waals surface area contributed by atoms with E-state index in [0.717, 1.165) is 30.9 Å². The van der Waals surface area contributed by atoms with Crippen molar-refractivity contribution in [1.29, 1.82) is 0 Å². The van der Waals surface area contributed by atoms with Crippen LogP contribution in [0.3, 0.4) is 0 Å². The Bertz CT molecular complexity index is 577. The van der Waals surface area contributed by atoms with E-state index in [1.54, 1.807) is 6.20 Å². The van der Waals surface area contributed by atoms with Crippen LogP contribution >= 0.6 is 0 Å². The van der Waals surface area contributed by atoms with E-state index in [4.69, 9.17) is 5.73 Å². The first kappa shape index (κ1) is 13.0. The molecule has 0 saturated heterocycles. The molecule has 104 valence electrons. The summed E-state index contributed by atoms with van der Waals surface area (Å²) in [5, 5.41) is 0. The Morgan fingerprint density at radius 1 is 1.25 bits per heavy atom. The molecule has 0 fully saturated rings. The Kier molecular flexibility index (Phi) is 3.59. The molecule has 1 aromatic heterocycles. The first-order valence-electron chi connectivity index (χ1n) is 7.25. The van der Waals surface area contributed by atoms with Crippen molar-refractivity contribution >= 4 is 11.4 Å². The van der Waals surface area contributed by atoms with Crippen LogP contribution in [0, 0.1) is 5.92 Å². The van der Waals surface area contributed by atoms with E-state index in [0.29, 0.717) is 5.92 Å². The van der Waals surface area contributed by atoms with Gasteiger partial charge < -0.3 is 10.6 Å². The number of pyridine rings is 1. The standard InChI is InChI=1S/C17H21N3/c1-13-10-14-4-2-3-5-17(14)20(12-13)9-8-16-7-6-15(18)11-19-16/h2-7,11,13H,8-10,12,18H2,1H3. The maximum absolute atomic E-state index is 5.67. The van der Waals surface area contributed by atoms with Gasteiger partial charge in [-0.15, -0.1) is 0 Å². The van der Waals surface area contributed by atoms with Crippen molar-refractivity contribution in [3.8, 4) is 0 Å². The number of fused-ring (bicyclic) bond motifs is 1. The van der Waals surface area contributed by atoms with E-state index in [9.17, 15) is 0 Å². The summed E-state index contributed by atoms with van der Waals surface area (Å²) >= 11 is 0. The summed E-state index contributed by atoms with van der Waals surface area (Å²) in [7, 11) is 0. The predicted octanol–water partition coefficient (Wildman–Crippen LogP) is 2.91. The van der Waals surface area contributed by atoms with E-state index < -0.39 is 0 Å². The van der Waals surface area contributed by atoms with E-state index >= 15 is 0 Å². The van der Waals surface area contributed by atoms with Gasteiger partial charge in [0, 0.05) is 30.9 Å². The van der Waals surface area contributed by atoms with Gasteiger partial charge in [-0.3, -0.25) is 4.98 Å². The lowest BCUT2D eigenvalue weighted by Gasteiger charge is -2.34. The maximum Gasteiger partial charge on any atom is 0.0501 e. The number of aromatic nitrogens is 1. The van der Waals surface area contributed by atoms with Gasteiger partial charge in [0.05, 0.1) is 11.9 Å². The highest BCUT2D eigenvalue weighted by Crippen LogP contribution is 2.29. The van der Waals surface area contributed by atoms with Gasteiger partial charge in [-0.05, 0) is 36.1 Å². The SMILES string of the molecule is CC1Cc2ccccc2N(CCc2ccc(N)cn2)C1. The Balaban J connectivity index is 1.73. The van der Waals surface area contributed by atoms with Gasteiger partial charge in [-0.25, -0.2) is 0 Å². The van der Waals surface area contributed by atoms with Crippen LogP contribution in [0.15, 0.2) is 42.6 Å². The molecule has 1 aliphatic heterocycles. The molecule has 1 unspecified atom stereocenters. The lowest BCUT2D eigenvalue weighted by atomic mass is 9.94. The summed E-state index contributed by atoms with van der Waals surface area (Å²) < 4.78 is 0. The van der Waals surface area contributed by atoms with Crippen LogP contribution in [0.2, 0.25) is 0 Å². The molecule has 1 aromatic carbocycles. The number of nitrogens with zero attached hydrogens (tertiary/aromatic N) is 2. The monoisotopic (exact) mass is 267 g/mol. The number of hydrogen-bond donors (Lipinski definition) is 1. The highest BCUT2D eigenvalue weighted by Gasteiger charge is 2.20. The molecule has 2 N–H and O–H groups in total. The van der Waals surface area contributed by atoms with Crippen molar-refractivity contribution in [2.45, 2.75) is 19.8 Å². The highest BCUT2D eigenvalue weighted by molar-refractivity contribution is 5.55. The molecular weight excluding hydrogens is 246 g/mol. The van der Waals surface area contributed by atoms with Crippen molar-refractivity contribution in [3.63, 3.8) is 0 Å². The minimum absolute atomic E-state index is 0.712. The molecule has 0 aliphatic carbocycles. The number of nitrogen functional groups attached to an aromatic ring is 1. The summed E-state index contributed by atoms with van der Waals surface area (Å²) in [5.41, 5.74) is 10.4. The van der Waals surface area contributed by atoms with E-state index in [2.05, 4.69) is 41.1 Å². The third-order valence-corrected chi connectivity index (χ3v) is 3.92. The molecule has 0 saturated carbocycles. The Morgan fingerprint density at radius 2 is 2.10 bits per heavy atom. The Labute approximate surface area is 120 Å². The van der Waals surface area contributed by atoms with Gasteiger partial charge >= 0.3 is 0 Å². The maximum atomic E-state index is 5.67. The van der Waals surface area contributed by atoms with Crippen molar-refractivity contribution in [3.05, 3.63) is 53.9 Å². The molecule has 20 heavy (non-hydrogen) atoms. The van der Waals surface area contributed by atoms with Gasteiger partial charge in [-0.2, -0.15) is 0 Å². The van der Waals surface area contributed by atoms with Crippen molar-refractivity contribution < 1.29 is 0 Å². The summed E-state index contributed by atoms with van der Waals surface area (Å²) in [6.45, 7) is 4.47. The smallest absolute Gasteiger partial charge is 0.0501 e. The zero-order chi connectivity index (χ0) is 13.9. The van der Waals surface area contributed by atoms with Gasteiger partial charge in [0.25, 0.3) is 0 Å². The third kappa shape index (κ3) is 2.77. The minimum atomic E-state index is 0.712. The van der Waals surface area contributed by atoms with E-state index in [1.165, 1.54) is 17.7 Å². The number of anilines is 2. The van der Waals surface area contributed by atoms with Gasteiger partial charge in [0.15, 0.2) is 0 Å². The lowest BCUT2D eigenvalue weighted by Crippen LogP contribution is -2.35. The molecule has 3 rings (SSSR count). The van der Waals surface area contributed by atoms with E-state index in [-0.39, 0.29) is 0 Å². The number of benzene rings is 1. The lowest BCUT2D eigenvalue weighted by molar-refractivity contribution is 0.531. The zero-order valence-electron chi connectivity index (χ0n) is 11.9. The first-order chi connectivity index (χ1) is 9.72. The molecule has 1 atom stereocenters. The second-order valence-electron chi connectivity index (χ2n) is 5.72. The summed E-state index contributed by atoms with van der Waals surface area (Å²) in [6.07, 6.45) is 3.89. The molecule has 0 spiro atoms. The van der Waals surface area contributed by atoms with Gasteiger partial charge in [-0.1, -0.05) is 25.1 Å². The van der Waals surface area contributed by atoms with Crippen molar-refractivity contribution in [1.82, 2.24) is 4.98 Å². The first-order valence-corrected chi connectivity index (χ1v) is 7.25. The van der Waals surface area contributed by atoms with Crippen LogP contribution in [-0.4, -0.2) is 18.1 Å². The average molecular weight is 267 g/mol. The molecule has 3 heteroatoms. The minimum Gasteiger partial charge on any atom is -0.397 e. The Hall–Kier alpha value is -2.03. The second-order valence-corrected chi connectivity index (χ2v) is 5.72. The second kappa shape index (κ2) is 5.53. The zero-order valence-corrected chi connectivity index (χ0v) is 11.9. The highest BCUT2D eigenvalue weighted by atomic mass is 15.1. The molecule has 2 heterocycles. The van der Waals surface area contributed by atoms with Gasteiger partial charge in [0.2, 0.25) is 0 Å². The molecule has 3 nitrogen and oxygen atoms in total. The summed E-state index contributed by atoms with van der Waals surface area (Å²) in [4.78, 5) is 6.87. The third-order valence-electron chi connectivity index (χ3n) is 3.92. The van der Waals surface area contributed by atoms with Gasteiger partial charge in [0.1, 0.15) is 0 Å². The fraction of sp³-hybridized carbons (Fsp3) is 0.353. The Morgan fingerprint density at radius 3 is 2.90 bits per heavy atom. The van der Waals surface area contributed by atoms with Crippen LogP contribution in [0.5, 0.6) is 0 Å². The molecular formula is C17H21N3. The summed E-state index contributed by atoms with van der Waals surface area (Å²) in [6, 6.07) is 12.7. The molecule has 0 amide bonds. The molecule has 2 aromatic rings. The normalized spacial score (nSPS) is 17.9. The number of hydrogen-bond acceptors (Lipinski definition) is 3. The average Bonchev–Trinajstić information content (AvgIpc) is 2.46. The number of rotatable bonds is 3. The van der Waals surface area contributed by atoms with Crippen molar-refractivity contribution in [2.24, 2.45) is 5.92 Å². The van der Waals surface area contributed by atoms with Crippen LogP contribution in [0.25, 0.3) is 0 Å². The van der Waals surface area contributed by atoms with Crippen molar-refractivity contribution in [2.75, 3.05) is 23.7 Å². The molecule has 0 bridgehead atoms. The molecule has 1 aliphatic rings. The summed E-state index contributed by atoms with van der Waals surface area (Å²) in [5.74, 6) is 0.712. The quantitative estimate of drug-likeness (QED) is 0.929. The fourth-order valence-electron chi connectivity index (χ4n) is 2.95. The largest absolute Gasteiger partial charge is 0.397 e. The number of para-hydroxylation sites is 1. The van der Waals surface area contributed by atoms with E-state index in [1.807, 2.05) is 12.1 Å². The van der Waals surface area contributed by atoms with Crippen LogP contribution in [0.1, 0.15) is 18.2 Å². The van der Waals surface area contributed by atoms with Crippen LogP contribution in [0.4, 0.5) is 11.4 Å². The number of nitrogens with two attached hydrogens (primary N) is 1. The topological polar surface area (TPSA) is 42.1 Å². The predicted molar refractivity (Wildman–Crippen MR) is 83.9 cm³/mol. The van der Waals surface area contributed by atoms with Crippen LogP contribution < -0.4 is 10.6 Å². The van der Waals surface area contributed by atoms with Crippen LogP contribution in [-0.2, 0) is 12.8 Å². The fourth-order valence-corrected chi connectivity index (χ4v) is 2.95.